The van der Waals surface area contributed by atoms with E-state index < -0.39 is 0 Å². The number of ether oxygens (including phenoxy) is 2. The number of hydrogen-bond acceptors (Lipinski definition) is 5. The van der Waals surface area contributed by atoms with Crippen LogP contribution in [0.3, 0.4) is 0 Å². The maximum absolute atomic E-state index is 9.09. The van der Waals surface area contributed by atoms with Crippen LogP contribution >= 0.6 is 0 Å². The van der Waals surface area contributed by atoms with Crippen LogP contribution in [-0.4, -0.2) is 63.0 Å². The molecule has 3 atom stereocenters. The Balaban J connectivity index is 1.71. The first kappa shape index (κ1) is 13.8. The van der Waals surface area contributed by atoms with Crippen molar-refractivity contribution >= 4 is 0 Å². The van der Waals surface area contributed by atoms with Crippen molar-refractivity contribution in [1.82, 2.24) is 10.2 Å². The van der Waals surface area contributed by atoms with E-state index in [-0.39, 0.29) is 18.2 Å². The molecular weight excluding hydrogens is 230 g/mol. The summed E-state index contributed by atoms with van der Waals surface area (Å²) in [4.78, 5) is 2.32. The van der Waals surface area contributed by atoms with E-state index in [1.165, 1.54) is 12.8 Å². The highest BCUT2D eigenvalue weighted by Crippen LogP contribution is 2.20. The smallest absolute Gasteiger partial charge is 0.0971 e. The van der Waals surface area contributed by atoms with E-state index in [2.05, 4.69) is 16.3 Å². The van der Waals surface area contributed by atoms with E-state index in [1.54, 1.807) is 14.2 Å². The largest absolute Gasteiger partial charge is 0.377 e. The molecule has 3 unspecified atom stereocenters. The van der Waals surface area contributed by atoms with Gasteiger partial charge in [-0.05, 0) is 19.3 Å². The predicted octanol–water partition coefficient (Wildman–Crippen LogP) is 0.366. The molecule has 1 heterocycles. The highest BCUT2D eigenvalue weighted by atomic mass is 16.5. The van der Waals surface area contributed by atoms with E-state index in [9.17, 15) is 0 Å². The first-order chi connectivity index (χ1) is 8.76. The van der Waals surface area contributed by atoms with Crippen molar-refractivity contribution in [2.45, 2.75) is 43.6 Å². The zero-order valence-corrected chi connectivity index (χ0v) is 11.3. The first-order valence-corrected chi connectivity index (χ1v) is 6.70. The maximum Gasteiger partial charge on any atom is 0.0971 e. The van der Waals surface area contributed by atoms with Crippen molar-refractivity contribution in [3.05, 3.63) is 0 Å². The highest BCUT2D eigenvalue weighted by Gasteiger charge is 2.33. The summed E-state index contributed by atoms with van der Waals surface area (Å²) < 4.78 is 10.8. The molecule has 5 nitrogen and oxygen atoms in total. The molecule has 2 fully saturated rings. The second kappa shape index (κ2) is 6.48. The molecular formula is C13H23N3O2. The van der Waals surface area contributed by atoms with Crippen LogP contribution in [0.4, 0.5) is 0 Å². The Bertz CT molecular complexity index is 289. The zero-order chi connectivity index (χ0) is 13.0. The van der Waals surface area contributed by atoms with Gasteiger partial charge in [0, 0.05) is 39.9 Å². The van der Waals surface area contributed by atoms with Gasteiger partial charge in [-0.3, -0.25) is 10.2 Å². The fourth-order valence-corrected chi connectivity index (χ4v) is 2.49. The van der Waals surface area contributed by atoms with Gasteiger partial charge in [0.1, 0.15) is 0 Å². The van der Waals surface area contributed by atoms with Crippen molar-refractivity contribution in [1.29, 1.82) is 5.26 Å². The molecule has 0 amide bonds. The van der Waals surface area contributed by atoms with E-state index in [4.69, 9.17) is 14.7 Å². The number of likely N-dealkylation sites (tertiary alicyclic amines) is 1. The number of nitrogens with zero attached hydrogens (tertiary/aromatic N) is 2. The minimum absolute atomic E-state index is 0.0138. The Kier molecular flexibility index (Phi) is 4.95. The summed E-state index contributed by atoms with van der Waals surface area (Å²) in [7, 11) is 3.46. The van der Waals surface area contributed by atoms with Gasteiger partial charge in [0.25, 0.3) is 0 Å². The van der Waals surface area contributed by atoms with Gasteiger partial charge in [0.2, 0.25) is 0 Å². The van der Waals surface area contributed by atoms with Crippen molar-refractivity contribution in [3.63, 3.8) is 0 Å². The van der Waals surface area contributed by atoms with E-state index >= 15 is 0 Å². The van der Waals surface area contributed by atoms with Crippen molar-refractivity contribution in [2.24, 2.45) is 0 Å². The molecule has 0 aromatic rings. The van der Waals surface area contributed by atoms with Gasteiger partial charge in [0.15, 0.2) is 0 Å². The Morgan fingerprint density at radius 3 is 2.33 bits per heavy atom. The third kappa shape index (κ3) is 3.66. The molecule has 1 saturated carbocycles. The average molecular weight is 253 g/mol. The van der Waals surface area contributed by atoms with Gasteiger partial charge in [-0.25, -0.2) is 0 Å². The number of nitrogens with one attached hydrogen (secondary N) is 1. The van der Waals surface area contributed by atoms with Crippen molar-refractivity contribution < 1.29 is 9.47 Å². The molecule has 0 bridgehead atoms. The molecule has 1 aliphatic heterocycles. The molecule has 0 spiro atoms. The summed E-state index contributed by atoms with van der Waals surface area (Å²) >= 11 is 0. The second-order valence-electron chi connectivity index (χ2n) is 5.22. The molecule has 1 N–H and O–H groups in total. The average Bonchev–Trinajstić information content (AvgIpc) is 3.12. The lowest BCUT2D eigenvalue weighted by atomic mass is 10.2. The molecule has 18 heavy (non-hydrogen) atoms. The standard InChI is InChI=1S/C13H23N3O2/c1-17-12-8-16(9-13(12)18-2)6-5-11(7-14)15-10-3-4-10/h10-13,15H,3-6,8-9H2,1-2H3. The van der Waals surface area contributed by atoms with Crippen LogP contribution < -0.4 is 5.32 Å². The summed E-state index contributed by atoms with van der Waals surface area (Å²) in [5, 5.41) is 12.5. The first-order valence-electron chi connectivity index (χ1n) is 6.70. The molecule has 1 saturated heterocycles. The van der Waals surface area contributed by atoms with Crippen molar-refractivity contribution in [3.8, 4) is 6.07 Å². The normalized spacial score (nSPS) is 30.3. The van der Waals surface area contributed by atoms with E-state index in [0.717, 1.165) is 26.1 Å². The lowest BCUT2D eigenvalue weighted by Gasteiger charge is -2.17. The summed E-state index contributed by atoms with van der Waals surface area (Å²) in [6, 6.07) is 2.92. The van der Waals surface area contributed by atoms with Gasteiger partial charge in [0.05, 0.1) is 24.3 Å². The zero-order valence-electron chi connectivity index (χ0n) is 11.3. The molecule has 0 radical (unpaired) electrons. The van der Waals surface area contributed by atoms with Crippen LogP contribution in [-0.2, 0) is 9.47 Å². The molecule has 5 heteroatoms. The molecule has 0 aromatic heterocycles. The number of nitriles is 1. The van der Waals surface area contributed by atoms with E-state index in [0.29, 0.717) is 6.04 Å². The Hall–Kier alpha value is -0.670. The molecule has 102 valence electrons. The molecule has 1 aliphatic carbocycles. The lowest BCUT2D eigenvalue weighted by molar-refractivity contribution is -0.00461. The molecule has 2 aliphatic rings. The summed E-state index contributed by atoms with van der Waals surface area (Å²) in [5.41, 5.74) is 0. The van der Waals surface area contributed by atoms with Gasteiger partial charge in [-0.2, -0.15) is 5.26 Å². The predicted molar refractivity (Wildman–Crippen MR) is 68.2 cm³/mol. The Labute approximate surface area is 109 Å². The van der Waals surface area contributed by atoms with Gasteiger partial charge >= 0.3 is 0 Å². The summed E-state index contributed by atoms with van der Waals surface area (Å²) in [6.07, 6.45) is 3.64. The second-order valence-corrected chi connectivity index (χ2v) is 5.22. The van der Waals surface area contributed by atoms with Crippen LogP contribution in [0, 0.1) is 11.3 Å². The minimum atomic E-state index is -0.0138. The Morgan fingerprint density at radius 1 is 1.28 bits per heavy atom. The van der Waals surface area contributed by atoms with Crippen LogP contribution in [0.15, 0.2) is 0 Å². The SMILES string of the molecule is COC1CN(CCC(C#N)NC2CC2)CC1OC. The maximum atomic E-state index is 9.09. The number of methoxy groups -OCH3 is 2. The Morgan fingerprint density at radius 2 is 1.89 bits per heavy atom. The quantitative estimate of drug-likeness (QED) is 0.710. The summed E-state index contributed by atoms with van der Waals surface area (Å²) in [6.45, 7) is 2.73. The molecule has 2 rings (SSSR count). The van der Waals surface area contributed by atoms with Crippen LogP contribution in [0.5, 0.6) is 0 Å². The minimum Gasteiger partial charge on any atom is -0.377 e. The van der Waals surface area contributed by atoms with E-state index in [1.807, 2.05) is 0 Å². The van der Waals surface area contributed by atoms with Crippen LogP contribution in [0.25, 0.3) is 0 Å². The number of hydrogen-bond donors (Lipinski definition) is 1. The fourth-order valence-electron chi connectivity index (χ4n) is 2.49. The van der Waals surface area contributed by atoms with Crippen LogP contribution in [0.1, 0.15) is 19.3 Å². The lowest BCUT2D eigenvalue weighted by Crippen LogP contribution is -2.34. The molecule has 0 aromatic carbocycles. The highest BCUT2D eigenvalue weighted by molar-refractivity contribution is 4.96. The third-order valence-corrected chi connectivity index (χ3v) is 3.80. The summed E-state index contributed by atoms with van der Waals surface area (Å²) in [5.74, 6) is 0. The van der Waals surface area contributed by atoms with Gasteiger partial charge < -0.3 is 9.47 Å². The third-order valence-electron chi connectivity index (χ3n) is 3.80. The van der Waals surface area contributed by atoms with Crippen molar-refractivity contribution in [2.75, 3.05) is 33.9 Å². The number of rotatable bonds is 7. The topological polar surface area (TPSA) is 57.5 Å². The van der Waals surface area contributed by atoms with Gasteiger partial charge in [-0.1, -0.05) is 0 Å². The van der Waals surface area contributed by atoms with Gasteiger partial charge in [-0.15, -0.1) is 0 Å². The van der Waals surface area contributed by atoms with Crippen LogP contribution in [0.2, 0.25) is 0 Å². The fraction of sp³-hybridized carbons (Fsp3) is 0.923. The monoisotopic (exact) mass is 253 g/mol.